The number of nitrogens with two attached hydrogens (primary N) is 1. The first-order valence-corrected chi connectivity index (χ1v) is 16.4. The maximum absolute atomic E-state index is 12.3. The monoisotopic (exact) mass is 687 g/mol. The number of fused-ring (bicyclic) bond motifs is 5. The van der Waals surface area contributed by atoms with E-state index in [1.807, 2.05) is 6.92 Å². The van der Waals surface area contributed by atoms with Gasteiger partial charge in [0.2, 0.25) is 17.6 Å². The molecule has 7 rings (SSSR count). The van der Waals surface area contributed by atoms with Crippen molar-refractivity contribution < 1.29 is 57.0 Å². The summed E-state index contributed by atoms with van der Waals surface area (Å²) in [6, 6.07) is 0. The van der Waals surface area contributed by atoms with Crippen LogP contribution in [0.4, 0.5) is 11.8 Å². The summed E-state index contributed by atoms with van der Waals surface area (Å²) in [5.74, 6) is -3.94. The van der Waals surface area contributed by atoms with Crippen LogP contribution < -0.4 is 36.7 Å². The molecule has 0 aromatic carbocycles. The van der Waals surface area contributed by atoms with Gasteiger partial charge < -0.3 is 40.6 Å². The van der Waals surface area contributed by atoms with Gasteiger partial charge in [0.25, 0.3) is 23.0 Å². The fraction of sp³-hybridized carbons (Fsp3) is 0.318. The summed E-state index contributed by atoms with van der Waals surface area (Å²) in [6.45, 7) is 1.66. The fourth-order valence-corrected chi connectivity index (χ4v) is 6.60. The Hall–Kier alpha value is -4.37. The molecule has 24 heteroatoms. The lowest BCUT2D eigenvalue weighted by Crippen LogP contribution is -2.50. The molecule has 4 aliphatic heterocycles. The lowest BCUT2D eigenvalue weighted by Gasteiger charge is -2.29. The first-order valence-electron chi connectivity index (χ1n) is 13.4. The molecular formula is C22H27N9O13P2+2. The Morgan fingerprint density at radius 3 is 2.76 bits per heavy atom. The Balaban J connectivity index is 1.27. The van der Waals surface area contributed by atoms with Crippen molar-refractivity contribution in [2.45, 2.75) is 32.2 Å². The zero-order valence-electron chi connectivity index (χ0n) is 23.4. The number of nitrogens with one attached hydrogen (secondary N) is 4. The number of hydrogen-bond acceptors (Lipinski definition) is 20. The standard InChI is InChI=1S/C22H25N9O13P2/c1-2-8-11-17(25-5-24-8)30(6-26-11)20-14(33)15-10(42-20)4-40-46(37,38)44-16-13(32)9(3-39-45(35,36)43-15)41-21(16)31-7-27-12-18(31)28-22(23)29-19(12)34/h3,7,13,17,24-26,32,35-38H,2,4-6H2,1H3,(H2-2,23,28,29,33,34)/p+2/b9-3+/t13-,17?/m1/s1. The summed E-state index contributed by atoms with van der Waals surface area (Å²) in [5, 5.41) is 31.7. The number of imidazole rings is 1. The number of furan rings is 1. The third-order valence-corrected chi connectivity index (χ3v) is 8.84. The van der Waals surface area contributed by atoms with Crippen LogP contribution in [0.25, 0.3) is 17.0 Å². The van der Waals surface area contributed by atoms with Gasteiger partial charge >= 0.3 is 16.3 Å². The number of hydrogen-bond donors (Lipinski definition) is 11. The summed E-state index contributed by atoms with van der Waals surface area (Å²) in [7, 11) is -9.87. The number of allylic oxidation sites excluding steroid dienone is 1. The first kappa shape index (κ1) is 30.3. The first-order chi connectivity index (χ1) is 21.9. The van der Waals surface area contributed by atoms with Crippen LogP contribution in [0.15, 0.2) is 44.7 Å². The minimum absolute atomic E-state index is 0.154. The van der Waals surface area contributed by atoms with E-state index in [-0.39, 0.29) is 29.7 Å². The number of aliphatic hydroxyl groups is 1. The number of H-pyrrole nitrogens is 1. The minimum Gasteiger partial charge on any atom is -0.500 e. The number of aromatic hydroxyl groups is 1. The van der Waals surface area contributed by atoms with Crippen LogP contribution in [-0.2, 0) is 24.9 Å². The summed E-state index contributed by atoms with van der Waals surface area (Å²) in [5.41, 5.74) is 6.31. The van der Waals surface area contributed by atoms with Crippen molar-refractivity contribution in [3.63, 3.8) is 0 Å². The Morgan fingerprint density at radius 1 is 1.17 bits per heavy atom. The van der Waals surface area contributed by atoms with Crippen molar-refractivity contribution >= 4 is 45.2 Å². The highest BCUT2D eigenvalue weighted by Crippen LogP contribution is 2.61. The molecular weight excluding hydrogens is 660 g/mol. The highest BCUT2D eigenvalue weighted by molar-refractivity contribution is 7.55. The molecule has 0 radical (unpaired) electrons. The number of nitrogens with zero attached hydrogens (tertiary/aromatic N) is 4. The number of nitrogen functional groups attached to an aromatic ring is 1. The molecule has 1 unspecified atom stereocenters. The second-order valence-electron chi connectivity index (χ2n) is 9.99. The fourth-order valence-electron chi connectivity index (χ4n) is 5.12. The van der Waals surface area contributed by atoms with Crippen molar-refractivity contribution in [3.8, 4) is 11.5 Å². The maximum Gasteiger partial charge on any atom is 0.663 e. The molecule has 0 spiro atoms. The quantitative estimate of drug-likeness (QED) is 0.144. The molecule has 4 aliphatic rings. The number of anilines is 2. The Bertz CT molecular complexity index is 1880. The number of aromatic nitrogens is 4. The van der Waals surface area contributed by atoms with E-state index in [2.05, 4.69) is 30.9 Å². The third kappa shape index (κ3) is 5.11. The Morgan fingerprint density at radius 2 is 1.98 bits per heavy atom. The van der Waals surface area contributed by atoms with Crippen molar-refractivity contribution in [2.24, 2.45) is 0 Å². The topological polar surface area (TPSA) is 310 Å². The van der Waals surface area contributed by atoms with Crippen molar-refractivity contribution in [1.82, 2.24) is 35.5 Å². The number of aromatic amines is 1. The van der Waals surface area contributed by atoms with E-state index in [1.54, 1.807) is 4.90 Å². The van der Waals surface area contributed by atoms with Gasteiger partial charge in [-0.25, -0.2) is 14.1 Å². The second kappa shape index (κ2) is 10.9. The molecule has 12 N–H and O–H groups in total. The smallest absolute Gasteiger partial charge is 0.500 e. The van der Waals surface area contributed by atoms with Gasteiger partial charge in [-0.05, 0) is 6.42 Å². The summed E-state index contributed by atoms with van der Waals surface area (Å²) >= 11 is 0. The van der Waals surface area contributed by atoms with Gasteiger partial charge in [0.05, 0.1) is 19.0 Å². The molecule has 0 amide bonds. The van der Waals surface area contributed by atoms with Gasteiger partial charge in [-0.2, -0.15) is 24.6 Å². The van der Waals surface area contributed by atoms with Gasteiger partial charge in [0, 0.05) is 5.70 Å². The zero-order chi connectivity index (χ0) is 32.5. The largest absolute Gasteiger partial charge is 0.663 e. The highest BCUT2D eigenvalue weighted by Gasteiger charge is 2.53. The van der Waals surface area contributed by atoms with Crippen molar-refractivity contribution in [2.75, 3.05) is 24.0 Å². The molecule has 0 saturated carbocycles. The van der Waals surface area contributed by atoms with E-state index < -0.39 is 75.4 Å². The maximum atomic E-state index is 12.3. The highest BCUT2D eigenvalue weighted by atomic mass is 31.2. The molecule has 7 heterocycles. The summed E-state index contributed by atoms with van der Waals surface area (Å²) in [6.07, 6.45) is -0.126. The van der Waals surface area contributed by atoms with Gasteiger partial charge in [-0.3, -0.25) is 24.1 Å². The molecule has 0 aliphatic carbocycles. The molecule has 246 valence electrons. The summed E-state index contributed by atoms with van der Waals surface area (Å²) < 4.78 is 33.2. The van der Waals surface area contributed by atoms with Crippen LogP contribution in [0.2, 0.25) is 0 Å². The van der Waals surface area contributed by atoms with Gasteiger partial charge in [0.15, 0.2) is 41.7 Å². The number of ether oxygens (including phenoxy) is 1. The predicted molar refractivity (Wildman–Crippen MR) is 154 cm³/mol. The predicted octanol–water partition coefficient (Wildman–Crippen LogP) is -1.21. The van der Waals surface area contributed by atoms with E-state index >= 15 is 0 Å². The molecule has 2 bridgehead atoms. The summed E-state index contributed by atoms with van der Waals surface area (Å²) in [4.78, 5) is 67.0. The second-order valence-corrected chi connectivity index (χ2v) is 12.8. The molecule has 1 fully saturated rings. The molecule has 2 atom stereocenters. The van der Waals surface area contributed by atoms with Crippen LogP contribution in [0.3, 0.4) is 0 Å². The SMILES string of the molecule is CCC1=C2NCN(c3oc4c(c3O)O[P+](O)(O)O/C=C3/OC(n5cnc6c(=O)[nH]c(N)nc65)=C(O[P+](O)(O)OC4)[C@@H]3O)C2NCN1. The van der Waals surface area contributed by atoms with E-state index in [9.17, 15) is 34.6 Å². The van der Waals surface area contributed by atoms with Crippen LogP contribution in [-0.4, -0.2) is 74.9 Å². The van der Waals surface area contributed by atoms with Crippen LogP contribution >= 0.6 is 16.3 Å². The molecule has 46 heavy (non-hydrogen) atoms. The van der Waals surface area contributed by atoms with Crippen LogP contribution in [0.5, 0.6) is 11.5 Å². The molecule has 22 nitrogen and oxygen atoms in total. The molecule has 1 saturated heterocycles. The van der Waals surface area contributed by atoms with Crippen LogP contribution in [0, 0.1) is 0 Å². The Labute approximate surface area is 257 Å². The van der Waals surface area contributed by atoms with Gasteiger partial charge in [-0.15, -0.1) is 4.52 Å². The molecule has 3 aromatic rings. The number of aliphatic hydroxyl groups excluding tert-OH is 1. The lowest BCUT2D eigenvalue weighted by atomic mass is 10.2. The van der Waals surface area contributed by atoms with Crippen molar-refractivity contribution in [1.29, 1.82) is 0 Å². The van der Waals surface area contributed by atoms with Crippen molar-refractivity contribution in [3.05, 3.63) is 51.6 Å². The molecule has 3 aromatic heterocycles. The van der Waals surface area contributed by atoms with E-state index in [4.69, 9.17) is 33.0 Å². The van der Waals surface area contributed by atoms with E-state index in [0.29, 0.717) is 19.4 Å². The van der Waals surface area contributed by atoms with Gasteiger partial charge in [0.1, 0.15) is 12.5 Å². The Kier molecular flexibility index (Phi) is 7.16. The van der Waals surface area contributed by atoms with Gasteiger partial charge in [-0.1, -0.05) is 6.92 Å². The third-order valence-electron chi connectivity index (χ3n) is 7.14. The van der Waals surface area contributed by atoms with E-state index in [0.717, 1.165) is 22.3 Å². The minimum atomic E-state index is -4.94. The lowest BCUT2D eigenvalue weighted by molar-refractivity contribution is 0.102. The van der Waals surface area contributed by atoms with Crippen LogP contribution in [0.1, 0.15) is 19.1 Å². The number of rotatable bonds is 3. The average molecular weight is 687 g/mol. The average Bonchev–Trinajstić information content (AvgIpc) is 3.76. The normalized spacial score (nSPS) is 24.9. The zero-order valence-corrected chi connectivity index (χ0v) is 25.2. The van der Waals surface area contributed by atoms with E-state index in [1.165, 1.54) is 0 Å².